The molecule has 0 spiro atoms. The summed E-state index contributed by atoms with van der Waals surface area (Å²) in [6.45, 7) is 11.4. The Morgan fingerprint density at radius 3 is 2.38 bits per heavy atom. The van der Waals surface area contributed by atoms with Crippen LogP contribution in [0.5, 0.6) is 0 Å². The molecule has 10 heteroatoms. The number of fused-ring (bicyclic) bond motifs is 5. The Labute approximate surface area is 230 Å². The summed E-state index contributed by atoms with van der Waals surface area (Å²) in [5.74, 6) is 1.77. The Hall–Kier alpha value is -2.56. The van der Waals surface area contributed by atoms with E-state index in [4.69, 9.17) is 14.8 Å². The summed E-state index contributed by atoms with van der Waals surface area (Å²) in [6, 6.07) is 0. The van der Waals surface area contributed by atoms with Crippen LogP contribution in [0.15, 0.2) is 0 Å². The zero-order valence-corrected chi connectivity index (χ0v) is 23.9. The summed E-state index contributed by atoms with van der Waals surface area (Å²) in [5, 5.41) is 23.5. The minimum atomic E-state index is -0.0634. The lowest BCUT2D eigenvalue weighted by Gasteiger charge is -2.55. The molecule has 3 aromatic rings. The highest BCUT2D eigenvalue weighted by Crippen LogP contribution is 2.53. The molecule has 3 saturated carbocycles. The fraction of sp³-hybridized carbons (Fsp3) is 0.724. The number of aryl methyl sites for hydroxylation is 4. The molecule has 2 aliphatic heterocycles. The van der Waals surface area contributed by atoms with Crippen molar-refractivity contribution in [3.63, 3.8) is 0 Å². The van der Waals surface area contributed by atoms with Crippen LogP contribution in [0.3, 0.4) is 0 Å². The summed E-state index contributed by atoms with van der Waals surface area (Å²) in [7, 11) is 1.99. The molecule has 0 unspecified atom stereocenters. The molecule has 0 radical (unpaired) electrons. The van der Waals surface area contributed by atoms with Gasteiger partial charge in [-0.2, -0.15) is 10.2 Å². The maximum Gasteiger partial charge on any atom is 0.158 e. The van der Waals surface area contributed by atoms with E-state index in [0.717, 1.165) is 66.7 Å². The highest BCUT2D eigenvalue weighted by atomic mass is 16.5. The van der Waals surface area contributed by atoms with E-state index in [1.54, 1.807) is 0 Å². The van der Waals surface area contributed by atoms with Gasteiger partial charge in [0, 0.05) is 56.4 Å². The number of hydrogen-bond donors (Lipinski definition) is 2. The first kappa shape index (κ1) is 25.4. The Kier molecular flexibility index (Phi) is 5.85. The Morgan fingerprint density at radius 2 is 1.72 bits per heavy atom. The minimum absolute atomic E-state index is 0.0634. The first-order valence-electron chi connectivity index (χ1n) is 14.7. The van der Waals surface area contributed by atoms with Gasteiger partial charge in [-0.3, -0.25) is 9.36 Å². The number of nitrogens with one attached hydrogen (secondary N) is 1. The molecule has 2 bridgehead atoms. The molecule has 5 aliphatic rings. The Morgan fingerprint density at radius 1 is 0.974 bits per heavy atom. The van der Waals surface area contributed by atoms with E-state index in [1.165, 1.54) is 49.8 Å². The van der Waals surface area contributed by atoms with Crippen molar-refractivity contribution < 1.29 is 9.84 Å². The third-order valence-corrected chi connectivity index (χ3v) is 10.5. The standard InChI is InChI=1S/C29H42N8O2/c1-19-22-13-36(26-25-24(31-21(3)32-26)20(2)33-35(25)4)12-5-23(22)37(34-19)15-27-6-9-29(10-7-27,11-8-27)30-14-28(16-38)17-39-18-28/h30,38H,5-18H2,1-4H3. The van der Waals surface area contributed by atoms with Crippen molar-refractivity contribution in [1.82, 2.24) is 34.8 Å². The van der Waals surface area contributed by atoms with Gasteiger partial charge in [0.25, 0.3) is 0 Å². The number of nitrogens with zero attached hydrogens (tertiary/aromatic N) is 7. The van der Waals surface area contributed by atoms with E-state index in [2.05, 4.69) is 31.9 Å². The molecule has 0 atom stereocenters. The first-order chi connectivity index (χ1) is 18.7. The molecule has 1 saturated heterocycles. The summed E-state index contributed by atoms with van der Waals surface area (Å²) < 4.78 is 9.71. The van der Waals surface area contributed by atoms with Gasteiger partial charge in [0.2, 0.25) is 0 Å². The molecule has 2 N–H and O–H groups in total. The molecule has 8 rings (SSSR count). The van der Waals surface area contributed by atoms with Gasteiger partial charge in [0.05, 0.1) is 36.6 Å². The van der Waals surface area contributed by atoms with Gasteiger partial charge in [0.1, 0.15) is 16.9 Å². The minimum Gasteiger partial charge on any atom is -0.396 e. The number of hydrogen-bond acceptors (Lipinski definition) is 8. The van der Waals surface area contributed by atoms with Gasteiger partial charge < -0.3 is 20.1 Å². The van der Waals surface area contributed by atoms with E-state index in [0.29, 0.717) is 18.6 Å². The van der Waals surface area contributed by atoms with Crippen molar-refractivity contribution in [3.05, 3.63) is 28.5 Å². The normalized spacial score (nSPS) is 27.7. The van der Waals surface area contributed by atoms with Crippen LogP contribution in [-0.2, 0) is 31.3 Å². The number of aliphatic hydroxyl groups is 1. The van der Waals surface area contributed by atoms with Gasteiger partial charge in [-0.05, 0) is 64.7 Å². The first-order valence-corrected chi connectivity index (χ1v) is 14.7. The molecular weight excluding hydrogens is 492 g/mol. The number of anilines is 1. The summed E-state index contributed by atoms with van der Waals surface area (Å²) in [4.78, 5) is 12.0. The Bertz CT molecular complexity index is 1390. The zero-order chi connectivity index (χ0) is 27.0. The average Bonchev–Trinajstić information content (AvgIpc) is 3.38. The van der Waals surface area contributed by atoms with Crippen LogP contribution in [-0.4, -0.2) is 73.1 Å². The molecule has 210 valence electrons. The van der Waals surface area contributed by atoms with E-state index in [-0.39, 0.29) is 17.6 Å². The molecule has 3 aliphatic carbocycles. The number of ether oxygens (including phenoxy) is 1. The van der Waals surface area contributed by atoms with Gasteiger partial charge in [-0.1, -0.05) is 0 Å². The van der Waals surface area contributed by atoms with Crippen LogP contribution in [0.2, 0.25) is 0 Å². The largest absolute Gasteiger partial charge is 0.396 e. The van der Waals surface area contributed by atoms with Gasteiger partial charge in [-0.15, -0.1) is 0 Å². The van der Waals surface area contributed by atoms with Crippen molar-refractivity contribution >= 4 is 16.9 Å². The summed E-state index contributed by atoms with van der Waals surface area (Å²) in [5.41, 5.74) is 7.36. The molecule has 4 fully saturated rings. The van der Waals surface area contributed by atoms with E-state index in [9.17, 15) is 5.11 Å². The van der Waals surface area contributed by atoms with Crippen molar-refractivity contribution in [2.75, 3.05) is 37.8 Å². The Balaban J connectivity index is 1.07. The average molecular weight is 535 g/mol. The lowest BCUT2D eigenvalue weighted by Crippen LogP contribution is -2.61. The molecule has 5 heterocycles. The molecule has 0 amide bonds. The topological polar surface area (TPSA) is 106 Å². The number of aromatic nitrogens is 6. The quantitative estimate of drug-likeness (QED) is 0.477. The molecule has 10 nitrogen and oxygen atoms in total. The highest BCUT2D eigenvalue weighted by Gasteiger charge is 2.50. The molecular formula is C29H42N8O2. The fourth-order valence-electron chi connectivity index (χ4n) is 7.72. The van der Waals surface area contributed by atoms with Gasteiger partial charge in [0.15, 0.2) is 5.82 Å². The van der Waals surface area contributed by atoms with Crippen molar-refractivity contribution in [3.8, 4) is 0 Å². The third kappa shape index (κ3) is 4.09. The number of aliphatic hydroxyl groups excluding tert-OH is 1. The van der Waals surface area contributed by atoms with Crippen LogP contribution in [0, 0.1) is 31.6 Å². The lowest BCUT2D eigenvalue weighted by atomic mass is 9.57. The summed E-state index contributed by atoms with van der Waals surface area (Å²) in [6.07, 6.45) is 8.39. The van der Waals surface area contributed by atoms with Crippen molar-refractivity contribution in [2.45, 2.75) is 84.3 Å². The smallest absolute Gasteiger partial charge is 0.158 e. The predicted octanol–water partition coefficient (Wildman–Crippen LogP) is 2.74. The van der Waals surface area contributed by atoms with Gasteiger partial charge in [-0.25, -0.2) is 9.97 Å². The highest BCUT2D eigenvalue weighted by molar-refractivity contribution is 5.88. The van der Waals surface area contributed by atoms with E-state index >= 15 is 0 Å². The lowest BCUT2D eigenvalue weighted by molar-refractivity contribution is -0.139. The van der Waals surface area contributed by atoms with Crippen molar-refractivity contribution in [2.24, 2.45) is 17.9 Å². The third-order valence-electron chi connectivity index (χ3n) is 10.5. The maximum absolute atomic E-state index is 9.85. The zero-order valence-electron chi connectivity index (χ0n) is 23.9. The second-order valence-electron chi connectivity index (χ2n) is 13.1. The molecule has 0 aromatic carbocycles. The SMILES string of the molecule is Cc1nc(N2CCc3c(c(C)nn3CC34CCC(NCC5(CO)COC5)(CC3)CC4)C2)c2c(n1)c(C)nn2C. The number of rotatable bonds is 7. The molecule has 39 heavy (non-hydrogen) atoms. The van der Waals surface area contributed by atoms with Crippen LogP contribution in [0.25, 0.3) is 11.0 Å². The van der Waals surface area contributed by atoms with E-state index < -0.39 is 0 Å². The second kappa shape index (κ2) is 8.97. The monoisotopic (exact) mass is 534 g/mol. The van der Waals surface area contributed by atoms with Crippen LogP contribution < -0.4 is 10.2 Å². The second-order valence-corrected chi connectivity index (χ2v) is 13.1. The van der Waals surface area contributed by atoms with Crippen molar-refractivity contribution in [1.29, 1.82) is 0 Å². The van der Waals surface area contributed by atoms with Crippen LogP contribution in [0.4, 0.5) is 5.82 Å². The van der Waals surface area contributed by atoms with Crippen LogP contribution >= 0.6 is 0 Å². The van der Waals surface area contributed by atoms with Gasteiger partial charge >= 0.3 is 0 Å². The molecule has 3 aromatic heterocycles. The van der Waals surface area contributed by atoms with Crippen LogP contribution in [0.1, 0.15) is 67.0 Å². The summed E-state index contributed by atoms with van der Waals surface area (Å²) >= 11 is 0. The maximum atomic E-state index is 9.85. The fourth-order valence-corrected chi connectivity index (χ4v) is 7.72. The van der Waals surface area contributed by atoms with E-state index in [1.807, 2.05) is 25.6 Å². The predicted molar refractivity (Wildman–Crippen MR) is 149 cm³/mol.